The molecule has 0 saturated carbocycles. The number of hydrogen-bond donors (Lipinski definition) is 1. The Morgan fingerprint density at radius 1 is 1.12 bits per heavy atom. The van der Waals surface area contributed by atoms with Gasteiger partial charge in [-0.05, 0) is 49.6 Å². The lowest BCUT2D eigenvalue weighted by Gasteiger charge is -2.18. The van der Waals surface area contributed by atoms with E-state index in [-0.39, 0.29) is 0 Å². The molecule has 1 aliphatic rings. The second-order valence-electron chi connectivity index (χ2n) is 6.38. The molecule has 0 spiro atoms. The number of aromatic nitrogens is 2. The highest BCUT2D eigenvalue weighted by atomic mass is 15.2. The van der Waals surface area contributed by atoms with Crippen molar-refractivity contribution in [1.82, 2.24) is 9.97 Å². The Balaban J connectivity index is 1.65. The van der Waals surface area contributed by atoms with Crippen molar-refractivity contribution in [3.63, 3.8) is 0 Å². The van der Waals surface area contributed by atoms with Crippen LogP contribution in [-0.2, 0) is 0 Å². The van der Waals surface area contributed by atoms with E-state index in [4.69, 9.17) is 0 Å². The minimum atomic E-state index is 0.766. The van der Waals surface area contributed by atoms with Gasteiger partial charge in [-0.15, -0.1) is 0 Å². The number of nitrogens with one attached hydrogen (secondary N) is 1. The van der Waals surface area contributed by atoms with Crippen LogP contribution in [0.3, 0.4) is 0 Å². The molecule has 0 aliphatic carbocycles. The van der Waals surface area contributed by atoms with Gasteiger partial charge in [0, 0.05) is 44.3 Å². The SMILES string of the molecule is CCCCN(C)c1nccc(Nc2ccc(N3CCCC3)cc2)n1. The second-order valence-corrected chi connectivity index (χ2v) is 6.38. The molecule has 1 aromatic heterocycles. The molecular formula is C19H27N5. The first-order valence-corrected chi connectivity index (χ1v) is 8.92. The third-order valence-electron chi connectivity index (χ3n) is 4.44. The Morgan fingerprint density at radius 2 is 1.88 bits per heavy atom. The van der Waals surface area contributed by atoms with Crippen molar-refractivity contribution >= 4 is 23.1 Å². The largest absolute Gasteiger partial charge is 0.372 e. The number of benzene rings is 1. The number of rotatable bonds is 7. The maximum atomic E-state index is 4.61. The van der Waals surface area contributed by atoms with Gasteiger partial charge in [-0.2, -0.15) is 4.98 Å². The summed E-state index contributed by atoms with van der Waals surface area (Å²) in [5.74, 6) is 1.60. The Hall–Kier alpha value is -2.30. The summed E-state index contributed by atoms with van der Waals surface area (Å²) in [6, 6.07) is 10.5. The van der Waals surface area contributed by atoms with Crippen molar-refractivity contribution in [2.75, 3.05) is 41.8 Å². The molecule has 1 aromatic carbocycles. The molecule has 1 fully saturated rings. The maximum absolute atomic E-state index is 4.61. The lowest BCUT2D eigenvalue weighted by atomic mass is 10.2. The number of nitrogens with zero attached hydrogens (tertiary/aromatic N) is 4. The van der Waals surface area contributed by atoms with Crippen LogP contribution in [0.25, 0.3) is 0 Å². The highest BCUT2D eigenvalue weighted by molar-refractivity contribution is 5.61. The lowest BCUT2D eigenvalue weighted by molar-refractivity contribution is 0.750. The summed E-state index contributed by atoms with van der Waals surface area (Å²) in [4.78, 5) is 13.5. The van der Waals surface area contributed by atoms with Crippen molar-refractivity contribution in [3.05, 3.63) is 36.5 Å². The monoisotopic (exact) mass is 325 g/mol. The summed E-state index contributed by atoms with van der Waals surface area (Å²) in [7, 11) is 2.04. The quantitative estimate of drug-likeness (QED) is 0.832. The van der Waals surface area contributed by atoms with Crippen LogP contribution in [-0.4, -0.2) is 36.6 Å². The molecule has 3 rings (SSSR count). The first kappa shape index (κ1) is 16.6. The van der Waals surface area contributed by atoms with Gasteiger partial charge >= 0.3 is 0 Å². The van der Waals surface area contributed by atoms with E-state index in [1.807, 2.05) is 19.3 Å². The fourth-order valence-electron chi connectivity index (χ4n) is 2.98. The number of hydrogen-bond acceptors (Lipinski definition) is 5. The average Bonchev–Trinajstić information content (AvgIpc) is 3.15. The lowest BCUT2D eigenvalue weighted by Crippen LogP contribution is -2.21. The molecule has 24 heavy (non-hydrogen) atoms. The van der Waals surface area contributed by atoms with Crippen LogP contribution >= 0.6 is 0 Å². The topological polar surface area (TPSA) is 44.3 Å². The Kier molecular flexibility index (Phi) is 5.51. The maximum Gasteiger partial charge on any atom is 0.227 e. The van der Waals surface area contributed by atoms with E-state index in [0.29, 0.717) is 0 Å². The van der Waals surface area contributed by atoms with Crippen LogP contribution in [0.2, 0.25) is 0 Å². The molecule has 0 radical (unpaired) electrons. The summed E-state index contributed by atoms with van der Waals surface area (Å²) < 4.78 is 0. The van der Waals surface area contributed by atoms with Crippen LogP contribution < -0.4 is 15.1 Å². The van der Waals surface area contributed by atoms with Gasteiger partial charge in [-0.3, -0.25) is 0 Å². The molecule has 5 nitrogen and oxygen atoms in total. The van der Waals surface area contributed by atoms with Crippen LogP contribution in [0.5, 0.6) is 0 Å². The van der Waals surface area contributed by atoms with Gasteiger partial charge in [0.1, 0.15) is 5.82 Å². The Bertz CT molecular complexity index is 634. The highest BCUT2D eigenvalue weighted by Gasteiger charge is 2.12. The number of unbranched alkanes of at least 4 members (excludes halogenated alkanes) is 1. The minimum absolute atomic E-state index is 0.766. The summed E-state index contributed by atoms with van der Waals surface area (Å²) >= 11 is 0. The highest BCUT2D eigenvalue weighted by Crippen LogP contribution is 2.23. The van der Waals surface area contributed by atoms with Gasteiger partial charge in [-0.25, -0.2) is 4.98 Å². The molecule has 0 atom stereocenters. The first-order valence-electron chi connectivity index (χ1n) is 8.92. The van der Waals surface area contributed by atoms with E-state index in [1.165, 1.54) is 38.0 Å². The molecule has 1 aliphatic heterocycles. The molecule has 1 N–H and O–H groups in total. The Labute approximate surface area is 144 Å². The van der Waals surface area contributed by atoms with E-state index in [2.05, 4.69) is 56.3 Å². The van der Waals surface area contributed by atoms with Gasteiger partial charge in [0.15, 0.2) is 0 Å². The van der Waals surface area contributed by atoms with E-state index in [1.54, 1.807) is 0 Å². The van der Waals surface area contributed by atoms with Crippen LogP contribution in [0.4, 0.5) is 23.1 Å². The summed E-state index contributed by atoms with van der Waals surface area (Å²) in [6.45, 7) is 5.52. The second kappa shape index (κ2) is 7.99. The average molecular weight is 325 g/mol. The van der Waals surface area contributed by atoms with Crippen molar-refractivity contribution in [1.29, 1.82) is 0 Å². The van der Waals surface area contributed by atoms with Crippen LogP contribution in [0.15, 0.2) is 36.5 Å². The molecule has 1 saturated heterocycles. The van der Waals surface area contributed by atoms with Gasteiger partial charge < -0.3 is 15.1 Å². The third kappa shape index (κ3) is 4.16. The molecule has 0 unspecified atom stereocenters. The zero-order chi connectivity index (χ0) is 16.8. The van der Waals surface area contributed by atoms with E-state index in [0.717, 1.165) is 30.4 Å². The Morgan fingerprint density at radius 3 is 2.58 bits per heavy atom. The van der Waals surface area contributed by atoms with Gasteiger partial charge in [-0.1, -0.05) is 13.3 Å². The predicted octanol–water partition coefficient (Wildman–Crippen LogP) is 4.06. The molecule has 5 heteroatoms. The molecule has 0 amide bonds. The van der Waals surface area contributed by atoms with Gasteiger partial charge in [0.2, 0.25) is 5.95 Å². The number of anilines is 4. The zero-order valence-electron chi connectivity index (χ0n) is 14.7. The van der Waals surface area contributed by atoms with E-state index in [9.17, 15) is 0 Å². The van der Waals surface area contributed by atoms with Crippen LogP contribution in [0, 0.1) is 0 Å². The normalized spacial score (nSPS) is 14.0. The van der Waals surface area contributed by atoms with Crippen molar-refractivity contribution in [3.8, 4) is 0 Å². The zero-order valence-corrected chi connectivity index (χ0v) is 14.7. The summed E-state index contributed by atoms with van der Waals surface area (Å²) in [5, 5.41) is 3.38. The van der Waals surface area contributed by atoms with Crippen molar-refractivity contribution < 1.29 is 0 Å². The smallest absolute Gasteiger partial charge is 0.227 e. The fourth-order valence-corrected chi connectivity index (χ4v) is 2.98. The third-order valence-corrected chi connectivity index (χ3v) is 4.44. The standard InChI is InChI=1S/C19H27N5/c1-3-4-13-23(2)19-20-12-11-18(22-19)21-16-7-9-17(10-8-16)24-14-5-6-15-24/h7-12H,3-6,13-15H2,1-2H3,(H,20,21,22). The summed E-state index contributed by atoms with van der Waals surface area (Å²) in [5.41, 5.74) is 2.36. The van der Waals surface area contributed by atoms with E-state index >= 15 is 0 Å². The molecule has 2 heterocycles. The molecule has 2 aromatic rings. The van der Waals surface area contributed by atoms with Gasteiger partial charge in [0.05, 0.1) is 0 Å². The van der Waals surface area contributed by atoms with Gasteiger partial charge in [0.25, 0.3) is 0 Å². The molecular weight excluding hydrogens is 298 g/mol. The first-order chi connectivity index (χ1) is 11.8. The van der Waals surface area contributed by atoms with Crippen LogP contribution in [0.1, 0.15) is 32.6 Å². The fraction of sp³-hybridized carbons (Fsp3) is 0.474. The molecule has 0 bridgehead atoms. The van der Waals surface area contributed by atoms with Crippen molar-refractivity contribution in [2.45, 2.75) is 32.6 Å². The molecule has 128 valence electrons. The minimum Gasteiger partial charge on any atom is -0.372 e. The van der Waals surface area contributed by atoms with Crippen molar-refractivity contribution in [2.24, 2.45) is 0 Å². The van der Waals surface area contributed by atoms with E-state index < -0.39 is 0 Å². The summed E-state index contributed by atoms with van der Waals surface area (Å²) in [6.07, 6.45) is 6.73. The predicted molar refractivity (Wildman–Crippen MR) is 101 cm³/mol.